The van der Waals surface area contributed by atoms with Crippen LogP contribution >= 0.6 is 34.3 Å². The summed E-state index contributed by atoms with van der Waals surface area (Å²) < 4.78 is 31.1. The SMILES string of the molecule is CC(C)CCON=O.COC(=O)c1cc(OC)c2nc(Cl)sc2c1.COC(=O)c1cc(OC)c2nc(N)sc2c1.COC(=O)c1ccc(N)c(OC)c1.N#C[S-].[Na+]. The molecule has 2 heterocycles. The van der Waals surface area contributed by atoms with E-state index in [0.717, 1.165) is 15.8 Å². The first kappa shape index (κ1) is 52.2. The number of hydrogen-bond acceptors (Lipinski definition) is 20. The fraction of sp³-hybridized carbons (Fsp3) is 0.314. The summed E-state index contributed by atoms with van der Waals surface area (Å²) in [7, 11) is 8.52. The van der Waals surface area contributed by atoms with Gasteiger partial charge in [-0.05, 0) is 54.8 Å². The summed E-state index contributed by atoms with van der Waals surface area (Å²) in [5, 5.41) is 11.2. The molecule has 0 aliphatic heterocycles. The Morgan fingerprint density at radius 3 is 1.67 bits per heavy atom. The zero-order valence-corrected chi connectivity index (χ0v) is 37.8. The molecule has 0 amide bonds. The minimum absolute atomic E-state index is 0. The molecule has 0 saturated carbocycles. The molecular weight excluding hydrogens is 835 g/mol. The number of fused-ring (bicyclic) bond motifs is 2. The number of aromatic nitrogens is 2. The third kappa shape index (κ3) is 17.1. The van der Waals surface area contributed by atoms with Crippen LogP contribution in [0.3, 0.4) is 0 Å². The normalized spacial score (nSPS) is 9.42. The number of carbonyl (C=O) groups is 3. The van der Waals surface area contributed by atoms with Crippen LogP contribution in [0.5, 0.6) is 17.2 Å². The van der Waals surface area contributed by atoms with Gasteiger partial charge < -0.3 is 57.4 Å². The number of nitrogen functional groups attached to an aromatic ring is 2. The number of rotatable bonds is 10. The number of carbonyl (C=O) groups excluding carboxylic acids is 3. The van der Waals surface area contributed by atoms with E-state index in [1.165, 1.54) is 70.7 Å². The van der Waals surface area contributed by atoms with E-state index in [4.69, 9.17) is 42.5 Å². The number of nitrogens with two attached hydrogens (primary N) is 2. The number of ether oxygens (including phenoxy) is 6. The molecule has 0 radical (unpaired) electrons. The average molecular weight is 875 g/mol. The van der Waals surface area contributed by atoms with Gasteiger partial charge in [0.15, 0.2) is 14.9 Å². The van der Waals surface area contributed by atoms with Crippen LogP contribution in [0.4, 0.5) is 10.8 Å². The maximum atomic E-state index is 11.4. The minimum atomic E-state index is -0.412. The van der Waals surface area contributed by atoms with Crippen molar-refractivity contribution >= 4 is 96.1 Å². The van der Waals surface area contributed by atoms with Crippen molar-refractivity contribution in [2.75, 3.05) is 60.7 Å². The Balaban J connectivity index is 0.000000731. The van der Waals surface area contributed by atoms with E-state index in [0.29, 0.717) is 72.8 Å². The first-order valence-corrected chi connectivity index (χ1v) is 18.1. The van der Waals surface area contributed by atoms with Gasteiger partial charge >= 0.3 is 47.5 Å². The van der Waals surface area contributed by atoms with Gasteiger partial charge in [0, 0.05) is 0 Å². The first-order valence-electron chi connectivity index (χ1n) is 15.7. The Kier molecular flexibility index (Phi) is 25.5. The second-order valence-corrected chi connectivity index (χ2v) is 13.5. The van der Waals surface area contributed by atoms with Crippen LogP contribution in [0.25, 0.3) is 20.4 Å². The molecule has 3 aromatic carbocycles. The number of thiazole rings is 2. The number of nitriles is 1. The number of methoxy groups -OCH3 is 6. The molecule has 0 atom stereocenters. The van der Waals surface area contributed by atoms with Crippen LogP contribution in [-0.2, 0) is 31.7 Å². The molecule has 0 aliphatic carbocycles. The predicted octanol–water partition coefficient (Wildman–Crippen LogP) is 4.23. The van der Waals surface area contributed by atoms with E-state index < -0.39 is 17.9 Å². The first-order chi connectivity index (χ1) is 26.7. The molecular formula is C35H40ClN6NaO11S3. The molecule has 0 bridgehead atoms. The van der Waals surface area contributed by atoms with E-state index >= 15 is 0 Å². The van der Waals surface area contributed by atoms with Crippen LogP contribution in [-0.4, -0.2) is 77.1 Å². The van der Waals surface area contributed by atoms with Crippen LogP contribution < -0.4 is 55.2 Å². The summed E-state index contributed by atoms with van der Waals surface area (Å²) in [5.74, 6) is 0.863. The van der Waals surface area contributed by atoms with Crippen molar-refractivity contribution in [3.05, 3.63) is 68.5 Å². The summed E-state index contributed by atoms with van der Waals surface area (Å²) in [4.78, 5) is 55.7. The Morgan fingerprint density at radius 2 is 1.23 bits per heavy atom. The molecule has 0 spiro atoms. The van der Waals surface area contributed by atoms with E-state index in [1.807, 2.05) is 0 Å². The van der Waals surface area contributed by atoms with E-state index in [1.54, 1.807) is 42.5 Å². The summed E-state index contributed by atoms with van der Waals surface area (Å²) >= 11 is 12.1. The third-order valence-corrected chi connectivity index (χ3v) is 8.62. The maximum Gasteiger partial charge on any atom is 1.00 e. The molecule has 22 heteroatoms. The molecule has 4 N–H and O–H groups in total. The monoisotopic (exact) mass is 874 g/mol. The van der Waals surface area contributed by atoms with Gasteiger partial charge in [0.1, 0.15) is 34.9 Å². The molecule has 0 saturated heterocycles. The van der Waals surface area contributed by atoms with Crippen molar-refractivity contribution in [1.29, 1.82) is 5.26 Å². The standard InChI is InChI=1S/C10H8ClNO3S.C10H10N2O3S.C9H11NO3.C5H11NO2.CHNS.Na/c2*1-14-6-3-5(9(13)15-2)4-7-8(6)12-10(11)16-7;1-12-8-5-6(9(11)13-2)3-4-7(8)10;1-5(2)3-4-8-6-7;2-1-3;/h3-4H,1-2H3;3-4H,1-2H3,(H2,11,12);3-5H,10H2,1-2H3;5H,3-4H2,1-2H3;3H;/q;;;;;+1/p-1. The average Bonchev–Trinajstić information content (AvgIpc) is 3.77. The molecule has 0 aliphatic rings. The number of nitrogens with zero attached hydrogens (tertiary/aromatic N) is 4. The Bertz CT molecular complexity index is 2010. The number of anilines is 2. The maximum absolute atomic E-state index is 11.4. The van der Waals surface area contributed by atoms with Crippen LogP contribution in [0, 0.1) is 21.5 Å². The Morgan fingerprint density at radius 1 is 0.789 bits per heavy atom. The number of esters is 3. The summed E-state index contributed by atoms with van der Waals surface area (Å²) in [6.45, 7) is 4.57. The quantitative estimate of drug-likeness (QED) is 0.0229. The molecule has 57 heavy (non-hydrogen) atoms. The minimum Gasteiger partial charge on any atom is -0.696 e. The molecule has 5 aromatic rings. The fourth-order valence-corrected chi connectivity index (χ4v) is 5.92. The number of hydrogen-bond donors (Lipinski definition) is 2. The van der Waals surface area contributed by atoms with Gasteiger partial charge in [-0.15, -0.1) is 16.2 Å². The van der Waals surface area contributed by atoms with Gasteiger partial charge in [0.05, 0.1) is 74.4 Å². The second-order valence-electron chi connectivity index (χ2n) is 10.7. The van der Waals surface area contributed by atoms with Gasteiger partial charge in [-0.25, -0.2) is 29.6 Å². The van der Waals surface area contributed by atoms with Crippen LogP contribution in [0.15, 0.2) is 47.8 Å². The van der Waals surface area contributed by atoms with Crippen molar-refractivity contribution in [2.45, 2.75) is 20.3 Å². The third-order valence-electron chi connectivity index (χ3n) is 6.69. The van der Waals surface area contributed by atoms with Crippen molar-refractivity contribution < 1.29 is 77.2 Å². The van der Waals surface area contributed by atoms with Crippen molar-refractivity contribution in [1.82, 2.24) is 9.97 Å². The smallest absolute Gasteiger partial charge is 0.696 e. The van der Waals surface area contributed by atoms with Crippen LogP contribution in [0.2, 0.25) is 4.47 Å². The molecule has 5 rings (SSSR count). The largest absolute Gasteiger partial charge is 1.00 e. The van der Waals surface area contributed by atoms with Crippen molar-refractivity contribution in [3.8, 4) is 22.6 Å². The van der Waals surface area contributed by atoms with Crippen LogP contribution in [0.1, 0.15) is 51.3 Å². The summed E-state index contributed by atoms with van der Waals surface area (Å²) in [5.41, 5.74) is 14.3. The topological polar surface area (TPSA) is 247 Å². The fourth-order valence-electron chi connectivity index (χ4n) is 4.05. The summed E-state index contributed by atoms with van der Waals surface area (Å²) in [6, 6.07) is 11.3. The Labute approximate surface area is 369 Å². The zero-order valence-electron chi connectivity index (χ0n) is 32.6. The van der Waals surface area contributed by atoms with Gasteiger partial charge in [-0.2, -0.15) is 0 Å². The van der Waals surface area contributed by atoms with Gasteiger partial charge in [-0.1, -0.05) is 42.2 Å². The molecule has 0 unspecified atom stereocenters. The predicted molar refractivity (Wildman–Crippen MR) is 217 cm³/mol. The van der Waals surface area contributed by atoms with E-state index in [-0.39, 0.29) is 29.6 Å². The van der Waals surface area contributed by atoms with Gasteiger partial charge in [0.25, 0.3) is 0 Å². The number of benzene rings is 3. The zero-order chi connectivity index (χ0) is 42.4. The van der Waals surface area contributed by atoms with Crippen molar-refractivity contribution in [2.24, 2.45) is 11.3 Å². The summed E-state index contributed by atoms with van der Waals surface area (Å²) in [6.07, 6.45) is 0.895. The molecule has 17 nitrogen and oxygen atoms in total. The second kappa shape index (κ2) is 27.8. The molecule has 2 aromatic heterocycles. The van der Waals surface area contributed by atoms with E-state index in [2.05, 4.69) is 60.8 Å². The molecule has 302 valence electrons. The number of thiocyanates is 1. The number of halogens is 1. The van der Waals surface area contributed by atoms with E-state index in [9.17, 15) is 19.3 Å². The Hall–Kier alpha value is -4.75. The molecule has 0 fully saturated rings. The van der Waals surface area contributed by atoms with Gasteiger partial charge in [-0.3, -0.25) is 0 Å². The van der Waals surface area contributed by atoms with Crippen molar-refractivity contribution in [3.63, 3.8) is 0 Å². The van der Waals surface area contributed by atoms with Gasteiger partial charge in [0.2, 0.25) is 0 Å².